The van der Waals surface area contributed by atoms with Gasteiger partial charge in [0.1, 0.15) is 5.78 Å². The number of Topliss-reactive ketones (excluding diaryl/α,β-unsaturated/α-hetero) is 1. The van der Waals surface area contributed by atoms with Gasteiger partial charge in [0.2, 0.25) is 0 Å². The molecule has 0 bridgehead atoms. The van der Waals surface area contributed by atoms with Gasteiger partial charge in [-0.05, 0) is 30.1 Å². The number of ketones is 1. The van der Waals surface area contributed by atoms with Gasteiger partial charge in [-0.25, -0.2) is 0 Å². The number of carbonyl (C=O) groups excluding carboxylic acids is 1. The third-order valence-electron chi connectivity index (χ3n) is 3.82. The maximum atomic E-state index is 11.4. The van der Waals surface area contributed by atoms with E-state index in [-0.39, 0.29) is 0 Å². The van der Waals surface area contributed by atoms with E-state index in [1.54, 1.807) is 0 Å². The SMILES string of the molecule is C[C@@H]1C(=O)C[C@@H]2CC(C)(C)C[C@@H]21. The third kappa shape index (κ3) is 1.10. The zero-order valence-electron chi connectivity index (χ0n) is 8.26. The van der Waals surface area contributed by atoms with Crippen LogP contribution in [0, 0.1) is 23.2 Å². The first-order valence-corrected chi connectivity index (χ1v) is 5.02. The molecule has 0 heterocycles. The highest BCUT2D eigenvalue weighted by Gasteiger charge is 2.48. The Kier molecular flexibility index (Phi) is 1.61. The average Bonchev–Trinajstić information content (AvgIpc) is 2.33. The molecule has 2 aliphatic carbocycles. The normalized spacial score (nSPS) is 44.9. The van der Waals surface area contributed by atoms with Crippen molar-refractivity contribution in [2.24, 2.45) is 23.2 Å². The molecule has 0 aromatic heterocycles. The summed E-state index contributed by atoms with van der Waals surface area (Å²) in [6, 6.07) is 0. The van der Waals surface area contributed by atoms with Crippen LogP contribution < -0.4 is 0 Å². The highest BCUT2D eigenvalue weighted by atomic mass is 16.1. The first-order chi connectivity index (χ1) is 5.49. The third-order valence-corrected chi connectivity index (χ3v) is 3.82. The standard InChI is InChI=1S/C11H18O/c1-7-9-6-11(2,3)5-8(9)4-10(7)12/h7-9H,4-6H2,1-3H3/t7-,8+,9+/m0/s1. The molecule has 12 heavy (non-hydrogen) atoms. The van der Waals surface area contributed by atoms with E-state index >= 15 is 0 Å². The Balaban J connectivity index is 2.16. The molecule has 2 aliphatic rings. The van der Waals surface area contributed by atoms with Crippen LogP contribution in [0.4, 0.5) is 0 Å². The van der Waals surface area contributed by atoms with Gasteiger partial charge in [-0.1, -0.05) is 20.8 Å². The molecule has 1 nitrogen and oxygen atoms in total. The monoisotopic (exact) mass is 166 g/mol. The van der Waals surface area contributed by atoms with Crippen molar-refractivity contribution in [2.45, 2.75) is 40.0 Å². The molecule has 0 aromatic rings. The predicted molar refractivity (Wildman–Crippen MR) is 48.8 cm³/mol. The van der Waals surface area contributed by atoms with Crippen LogP contribution in [0.3, 0.4) is 0 Å². The Morgan fingerprint density at radius 2 is 2.00 bits per heavy atom. The summed E-state index contributed by atoms with van der Waals surface area (Å²) in [5.41, 5.74) is 0.504. The average molecular weight is 166 g/mol. The second-order valence-electron chi connectivity index (χ2n) is 5.46. The topological polar surface area (TPSA) is 17.1 Å². The second-order valence-corrected chi connectivity index (χ2v) is 5.46. The molecule has 3 atom stereocenters. The second kappa shape index (κ2) is 2.34. The van der Waals surface area contributed by atoms with Crippen molar-refractivity contribution in [1.82, 2.24) is 0 Å². The van der Waals surface area contributed by atoms with Crippen LogP contribution in [0.2, 0.25) is 0 Å². The van der Waals surface area contributed by atoms with Gasteiger partial charge in [0.15, 0.2) is 0 Å². The largest absolute Gasteiger partial charge is 0.299 e. The van der Waals surface area contributed by atoms with Gasteiger partial charge in [0.25, 0.3) is 0 Å². The maximum absolute atomic E-state index is 11.4. The van der Waals surface area contributed by atoms with Crippen molar-refractivity contribution in [3.63, 3.8) is 0 Å². The quantitative estimate of drug-likeness (QED) is 0.540. The van der Waals surface area contributed by atoms with Crippen molar-refractivity contribution in [3.8, 4) is 0 Å². The minimum atomic E-state index is 0.358. The molecule has 2 saturated carbocycles. The molecule has 0 aliphatic heterocycles. The highest BCUT2D eigenvalue weighted by Crippen LogP contribution is 2.53. The minimum Gasteiger partial charge on any atom is -0.299 e. The van der Waals surface area contributed by atoms with Crippen LogP contribution in [-0.4, -0.2) is 5.78 Å². The summed E-state index contributed by atoms with van der Waals surface area (Å²) < 4.78 is 0. The molecular weight excluding hydrogens is 148 g/mol. The van der Waals surface area contributed by atoms with E-state index in [1.165, 1.54) is 12.8 Å². The maximum Gasteiger partial charge on any atom is 0.136 e. The summed E-state index contributed by atoms with van der Waals surface area (Å²) in [6.07, 6.45) is 3.41. The smallest absolute Gasteiger partial charge is 0.136 e. The molecule has 1 heteroatoms. The van der Waals surface area contributed by atoms with Gasteiger partial charge < -0.3 is 0 Å². The zero-order chi connectivity index (χ0) is 8.93. The zero-order valence-corrected chi connectivity index (χ0v) is 8.26. The van der Waals surface area contributed by atoms with E-state index in [0.29, 0.717) is 23.0 Å². The number of carbonyl (C=O) groups is 1. The lowest BCUT2D eigenvalue weighted by molar-refractivity contribution is -0.121. The van der Waals surface area contributed by atoms with Crippen LogP contribution in [0.25, 0.3) is 0 Å². The van der Waals surface area contributed by atoms with Crippen molar-refractivity contribution in [2.75, 3.05) is 0 Å². The Bertz CT molecular complexity index is 217. The van der Waals surface area contributed by atoms with Gasteiger partial charge >= 0.3 is 0 Å². The van der Waals surface area contributed by atoms with Gasteiger partial charge in [-0.15, -0.1) is 0 Å². The van der Waals surface area contributed by atoms with Crippen molar-refractivity contribution in [1.29, 1.82) is 0 Å². The Hall–Kier alpha value is -0.330. The highest BCUT2D eigenvalue weighted by molar-refractivity contribution is 5.83. The molecular formula is C11H18O. The van der Waals surface area contributed by atoms with E-state index in [9.17, 15) is 4.79 Å². The van der Waals surface area contributed by atoms with E-state index in [4.69, 9.17) is 0 Å². The number of fused-ring (bicyclic) bond motifs is 1. The fourth-order valence-corrected chi connectivity index (χ4v) is 3.24. The van der Waals surface area contributed by atoms with Crippen LogP contribution >= 0.6 is 0 Å². The molecule has 2 rings (SSSR count). The van der Waals surface area contributed by atoms with E-state index < -0.39 is 0 Å². The lowest BCUT2D eigenvalue weighted by Crippen LogP contribution is -2.14. The molecule has 68 valence electrons. The summed E-state index contributed by atoms with van der Waals surface area (Å²) in [5, 5.41) is 0. The number of rotatable bonds is 0. The van der Waals surface area contributed by atoms with E-state index in [2.05, 4.69) is 20.8 Å². The Morgan fingerprint density at radius 1 is 1.33 bits per heavy atom. The summed E-state index contributed by atoms with van der Waals surface area (Å²) in [4.78, 5) is 11.4. The summed E-state index contributed by atoms with van der Waals surface area (Å²) in [5.74, 6) is 2.31. The molecule has 0 aromatic carbocycles. The van der Waals surface area contributed by atoms with Gasteiger partial charge in [0, 0.05) is 12.3 Å². The van der Waals surface area contributed by atoms with Crippen LogP contribution in [0.5, 0.6) is 0 Å². The van der Waals surface area contributed by atoms with Crippen LogP contribution in [0.15, 0.2) is 0 Å². The summed E-state index contributed by atoms with van der Waals surface area (Å²) >= 11 is 0. The van der Waals surface area contributed by atoms with Gasteiger partial charge in [0.05, 0.1) is 0 Å². The van der Waals surface area contributed by atoms with Crippen LogP contribution in [0.1, 0.15) is 40.0 Å². The fourth-order valence-electron chi connectivity index (χ4n) is 3.24. The molecule has 0 unspecified atom stereocenters. The summed E-state index contributed by atoms with van der Waals surface area (Å²) in [7, 11) is 0. The van der Waals surface area contributed by atoms with Crippen LogP contribution in [-0.2, 0) is 4.79 Å². The first-order valence-electron chi connectivity index (χ1n) is 5.02. The lowest BCUT2D eigenvalue weighted by Gasteiger charge is -2.19. The first kappa shape index (κ1) is 8.28. The minimum absolute atomic E-state index is 0.358. The molecule has 2 fully saturated rings. The van der Waals surface area contributed by atoms with Crippen molar-refractivity contribution in [3.05, 3.63) is 0 Å². The Morgan fingerprint density at radius 3 is 2.58 bits per heavy atom. The number of hydrogen-bond donors (Lipinski definition) is 0. The van der Waals surface area contributed by atoms with E-state index in [0.717, 1.165) is 12.3 Å². The lowest BCUT2D eigenvalue weighted by atomic mass is 9.86. The number of hydrogen-bond acceptors (Lipinski definition) is 1. The molecule has 0 N–H and O–H groups in total. The summed E-state index contributed by atoms with van der Waals surface area (Å²) in [6.45, 7) is 6.79. The van der Waals surface area contributed by atoms with Gasteiger partial charge in [-0.3, -0.25) is 4.79 Å². The molecule has 0 spiro atoms. The Labute approximate surface area is 74.5 Å². The molecule has 0 saturated heterocycles. The molecule has 0 radical (unpaired) electrons. The molecule has 0 amide bonds. The predicted octanol–water partition coefficient (Wildman–Crippen LogP) is 2.65. The van der Waals surface area contributed by atoms with Crippen molar-refractivity contribution >= 4 is 5.78 Å². The van der Waals surface area contributed by atoms with Crippen molar-refractivity contribution < 1.29 is 4.79 Å². The van der Waals surface area contributed by atoms with Gasteiger partial charge in [-0.2, -0.15) is 0 Å². The van der Waals surface area contributed by atoms with E-state index in [1.807, 2.05) is 0 Å². The fraction of sp³-hybridized carbons (Fsp3) is 0.909.